The molecule has 0 saturated heterocycles. The van der Waals surface area contributed by atoms with Crippen LogP contribution in [0.4, 0.5) is 4.79 Å². The number of halogens is 1. The Balaban J connectivity index is 2.28. The Bertz CT molecular complexity index is 476. The van der Waals surface area contributed by atoms with E-state index in [1.54, 1.807) is 18.9 Å². The van der Waals surface area contributed by atoms with Gasteiger partial charge in [-0.2, -0.15) is 0 Å². The number of hydrogen-bond donors (Lipinski definition) is 2. The molecule has 0 radical (unpaired) electrons. The molecule has 116 valence electrons. The minimum Gasteiger partial charge on any atom is -0.481 e. The van der Waals surface area contributed by atoms with Crippen molar-refractivity contribution in [1.82, 2.24) is 10.2 Å². The maximum atomic E-state index is 11.9. The highest BCUT2D eigenvalue weighted by Crippen LogP contribution is 2.11. The number of hydrogen-bond acceptors (Lipinski definition) is 2. The van der Waals surface area contributed by atoms with E-state index < -0.39 is 5.97 Å². The number of carboxylic acids is 1. The first-order valence-corrected chi connectivity index (χ1v) is 7.65. The second kappa shape index (κ2) is 8.67. The number of benzene rings is 1. The van der Waals surface area contributed by atoms with Gasteiger partial charge in [-0.3, -0.25) is 4.79 Å². The maximum absolute atomic E-state index is 11.9. The number of carboxylic acid groups (broad SMARTS) is 1. The Labute approximate surface area is 133 Å². The van der Waals surface area contributed by atoms with Gasteiger partial charge in [-0.15, -0.1) is 0 Å². The Morgan fingerprint density at radius 1 is 1.33 bits per heavy atom. The van der Waals surface area contributed by atoms with Crippen molar-refractivity contribution in [3.05, 3.63) is 34.3 Å². The van der Waals surface area contributed by atoms with Crippen molar-refractivity contribution in [3.8, 4) is 0 Å². The molecule has 6 heteroatoms. The molecule has 0 aliphatic carbocycles. The first-order valence-electron chi connectivity index (χ1n) is 6.86. The lowest BCUT2D eigenvalue weighted by Gasteiger charge is -2.18. The second-order valence-corrected chi connectivity index (χ2v) is 6.01. The van der Waals surface area contributed by atoms with Crippen LogP contribution < -0.4 is 5.32 Å². The van der Waals surface area contributed by atoms with Gasteiger partial charge < -0.3 is 15.3 Å². The minimum atomic E-state index is -0.798. The van der Waals surface area contributed by atoms with Crippen LogP contribution in [0.25, 0.3) is 0 Å². The zero-order chi connectivity index (χ0) is 15.8. The molecule has 0 saturated carbocycles. The molecule has 0 bridgehead atoms. The number of nitrogens with one attached hydrogen (secondary N) is 1. The summed E-state index contributed by atoms with van der Waals surface area (Å²) in [7, 11) is 1.73. The van der Waals surface area contributed by atoms with Crippen LogP contribution in [0.5, 0.6) is 0 Å². The summed E-state index contributed by atoms with van der Waals surface area (Å²) >= 11 is 3.37. The van der Waals surface area contributed by atoms with E-state index in [0.29, 0.717) is 25.9 Å². The molecule has 0 heterocycles. The van der Waals surface area contributed by atoms with Gasteiger partial charge in [-0.25, -0.2) is 4.79 Å². The third-order valence-corrected chi connectivity index (χ3v) is 3.72. The fourth-order valence-corrected chi connectivity index (χ4v) is 2.06. The van der Waals surface area contributed by atoms with Crippen LogP contribution in [0.3, 0.4) is 0 Å². The van der Waals surface area contributed by atoms with E-state index in [1.807, 2.05) is 24.3 Å². The molecule has 0 aliphatic rings. The van der Waals surface area contributed by atoms with Gasteiger partial charge in [0, 0.05) is 24.6 Å². The van der Waals surface area contributed by atoms with Crippen molar-refractivity contribution in [2.75, 3.05) is 13.6 Å². The van der Waals surface area contributed by atoms with Gasteiger partial charge in [-0.1, -0.05) is 35.0 Å². The standard InChI is InChI=1S/C15H21BrN2O3/c1-11(14(19)20)4-3-9-17-15(21)18(2)10-12-5-7-13(16)8-6-12/h5-8,11H,3-4,9-10H2,1-2H3,(H,17,21)(H,19,20). The first-order chi connectivity index (χ1) is 9.90. The van der Waals surface area contributed by atoms with Gasteiger partial charge in [0.25, 0.3) is 0 Å². The smallest absolute Gasteiger partial charge is 0.317 e. The summed E-state index contributed by atoms with van der Waals surface area (Å²) in [5.74, 6) is -1.17. The number of nitrogens with zero attached hydrogens (tertiary/aromatic N) is 1. The lowest BCUT2D eigenvalue weighted by atomic mass is 10.1. The highest BCUT2D eigenvalue weighted by molar-refractivity contribution is 9.10. The van der Waals surface area contributed by atoms with Crippen molar-refractivity contribution in [1.29, 1.82) is 0 Å². The van der Waals surface area contributed by atoms with Gasteiger partial charge in [0.2, 0.25) is 0 Å². The van der Waals surface area contributed by atoms with Gasteiger partial charge in [0.15, 0.2) is 0 Å². The Hall–Kier alpha value is -1.56. The van der Waals surface area contributed by atoms with Crippen molar-refractivity contribution in [2.24, 2.45) is 5.92 Å². The Kier molecular flexibility index (Phi) is 7.22. The molecule has 21 heavy (non-hydrogen) atoms. The first kappa shape index (κ1) is 17.5. The van der Waals surface area contributed by atoms with Crippen LogP contribution in [0.15, 0.2) is 28.7 Å². The third kappa shape index (κ3) is 6.62. The predicted octanol–water partition coefficient (Wildman–Crippen LogP) is 3.09. The van der Waals surface area contributed by atoms with Gasteiger partial charge >= 0.3 is 12.0 Å². The van der Waals surface area contributed by atoms with E-state index in [4.69, 9.17) is 5.11 Å². The summed E-state index contributed by atoms with van der Waals surface area (Å²) in [6.07, 6.45) is 1.22. The monoisotopic (exact) mass is 356 g/mol. The molecule has 1 rings (SSSR count). The lowest BCUT2D eigenvalue weighted by Crippen LogP contribution is -2.37. The lowest BCUT2D eigenvalue weighted by molar-refractivity contribution is -0.141. The van der Waals surface area contributed by atoms with E-state index in [9.17, 15) is 9.59 Å². The molecule has 1 aromatic rings. The molecular formula is C15H21BrN2O3. The van der Waals surface area contributed by atoms with Crippen LogP contribution in [-0.2, 0) is 11.3 Å². The van der Waals surface area contributed by atoms with Crippen LogP contribution in [0.1, 0.15) is 25.3 Å². The number of aliphatic carboxylic acids is 1. The number of rotatable bonds is 7. The number of carbonyl (C=O) groups excluding carboxylic acids is 1. The van der Waals surface area contributed by atoms with E-state index in [-0.39, 0.29) is 11.9 Å². The van der Waals surface area contributed by atoms with Crippen molar-refractivity contribution in [3.63, 3.8) is 0 Å². The summed E-state index contributed by atoms with van der Waals surface area (Å²) < 4.78 is 1.01. The molecule has 1 aromatic carbocycles. The van der Waals surface area contributed by atoms with Crippen molar-refractivity contribution >= 4 is 27.9 Å². The topological polar surface area (TPSA) is 69.6 Å². The quantitative estimate of drug-likeness (QED) is 0.737. The molecule has 1 unspecified atom stereocenters. The SMILES string of the molecule is CC(CCCNC(=O)N(C)Cc1ccc(Br)cc1)C(=O)O. The number of amides is 2. The zero-order valence-corrected chi connectivity index (χ0v) is 13.9. The number of carbonyl (C=O) groups is 2. The van der Waals surface area contributed by atoms with Gasteiger partial charge in [-0.05, 0) is 30.5 Å². The average molecular weight is 357 g/mol. The molecule has 0 spiro atoms. The molecular weight excluding hydrogens is 336 g/mol. The van der Waals surface area contributed by atoms with Crippen LogP contribution in [0, 0.1) is 5.92 Å². The average Bonchev–Trinajstić information content (AvgIpc) is 2.45. The largest absolute Gasteiger partial charge is 0.481 e. The third-order valence-electron chi connectivity index (χ3n) is 3.19. The Morgan fingerprint density at radius 2 is 1.95 bits per heavy atom. The summed E-state index contributed by atoms with van der Waals surface area (Å²) in [6, 6.07) is 7.65. The highest BCUT2D eigenvalue weighted by atomic mass is 79.9. The minimum absolute atomic E-state index is 0.152. The van der Waals surface area contributed by atoms with Gasteiger partial charge in [0.05, 0.1) is 5.92 Å². The fourth-order valence-electron chi connectivity index (χ4n) is 1.80. The highest BCUT2D eigenvalue weighted by Gasteiger charge is 2.11. The second-order valence-electron chi connectivity index (χ2n) is 5.10. The Morgan fingerprint density at radius 3 is 2.52 bits per heavy atom. The summed E-state index contributed by atoms with van der Waals surface area (Å²) in [5, 5.41) is 11.6. The maximum Gasteiger partial charge on any atom is 0.317 e. The molecule has 1 atom stereocenters. The molecule has 0 aromatic heterocycles. The summed E-state index contributed by atoms with van der Waals surface area (Å²) in [4.78, 5) is 24.1. The fraction of sp³-hybridized carbons (Fsp3) is 0.467. The van der Waals surface area contributed by atoms with Crippen LogP contribution >= 0.6 is 15.9 Å². The van der Waals surface area contributed by atoms with E-state index in [1.165, 1.54) is 0 Å². The molecule has 0 fully saturated rings. The van der Waals surface area contributed by atoms with E-state index >= 15 is 0 Å². The van der Waals surface area contributed by atoms with Crippen molar-refractivity contribution in [2.45, 2.75) is 26.3 Å². The zero-order valence-electron chi connectivity index (χ0n) is 12.3. The normalized spacial score (nSPS) is 11.8. The van der Waals surface area contributed by atoms with Gasteiger partial charge in [0.1, 0.15) is 0 Å². The summed E-state index contributed by atoms with van der Waals surface area (Å²) in [6.45, 7) is 2.69. The molecule has 0 aliphatic heterocycles. The molecule has 5 nitrogen and oxygen atoms in total. The summed E-state index contributed by atoms with van der Waals surface area (Å²) in [5.41, 5.74) is 1.05. The van der Waals surface area contributed by atoms with Crippen molar-refractivity contribution < 1.29 is 14.7 Å². The van der Waals surface area contributed by atoms with E-state index in [0.717, 1.165) is 10.0 Å². The van der Waals surface area contributed by atoms with Crippen LogP contribution in [0.2, 0.25) is 0 Å². The molecule has 2 amide bonds. The predicted molar refractivity (Wildman–Crippen MR) is 85.0 cm³/mol. The molecule has 2 N–H and O–H groups in total. The van der Waals surface area contributed by atoms with Crippen LogP contribution in [-0.4, -0.2) is 35.6 Å². The van der Waals surface area contributed by atoms with E-state index in [2.05, 4.69) is 21.2 Å². The number of urea groups is 1.